The maximum Gasteiger partial charge on any atom is 0.138 e. The van der Waals surface area contributed by atoms with Gasteiger partial charge in [0.2, 0.25) is 0 Å². The summed E-state index contributed by atoms with van der Waals surface area (Å²) in [4.78, 5) is 3.67. The molecule has 0 aliphatic rings. The molecule has 0 spiro atoms. The van der Waals surface area contributed by atoms with Crippen molar-refractivity contribution in [2.45, 2.75) is 7.43 Å². The van der Waals surface area contributed by atoms with Crippen LogP contribution in [0.3, 0.4) is 0 Å². The fourth-order valence-electron chi connectivity index (χ4n) is 0.657. The lowest BCUT2D eigenvalue weighted by atomic mass is 10.8. The van der Waals surface area contributed by atoms with Crippen molar-refractivity contribution in [2.24, 2.45) is 7.05 Å². The maximum atomic E-state index is 3.83. The minimum absolute atomic E-state index is 0. The van der Waals surface area contributed by atoms with Crippen molar-refractivity contribution in [3.8, 4) is 0 Å². The minimum Gasteiger partial charge on any atom is -0.276 e. The van der Waals surface area contributed by atoms with Gasteiger partial charge in [-0.2, -0.15) is 10.2 Å². The second-order valence-electron chi connectivity index (χ2n) is 2.24. The highest BCUT2D eigenvalue weighted by atomic mass is 15.3. The molecule has 0 N–H and O–H groups in total. The molecule has 0 fully saturated rings. The minimum atomic E-state index is 0. The smallest absolute Gasteiger partial charge is 0.138 e. The third-order valence-corrected chi connectivity index (χ3v) is 1.26. The zero-order chi connectivity index (χ0) is 9.52. The van der Waals surface area contributed by atoms with Crippen LogP contribution in [0.1, 0.15) is 7.43 Å². The first-order chi connectivity index (χ1) is 6.33. The average Bonchev–Trinajstić information content (AvgIpc) is 2.76. The Kier molecular flexibility index (Phi) is 5.69. The lowest BCUT2D eigenvalue weighted by Gasteiger charge is -1.78. The highest BCUT2D eigenvalue weighted by molar-refractivity contribution is 5.10. The molecular formula is C9H15N5. The predicted octanol–water partition coefficient (Wildman–Crippen LogP) is 1.43. The van der Waals surface area contributed by atoms with E-state index in [0.717, 1.165) is 0 Å². The van der Waals surface area contributed by atoms with E-state index in [0.29, 0.717) is 0 Å². The molecule has 0 amide bonds. The summed E-state index contributed by atoms with van der Waals surface area (Å²) in [5.74, 6) is 0. The fraction of sp³-hybridized carbons (Fsp3) is 0.222. The number of nitrogens with zero attached hydrogens (tertiary/aromatic N) is 5. The van der Waals surface area contributed by atoms with Gasteiger partial charge in [-0.25, -0.2) is 9.67 Å². The molecule has 14 heavy (non-hydrogen) atoms. The molecule has 0 saturated carbocycles. The Labute approximate surface area is 83.7 Å². The summed E-state index contributed by atoms with van der Waals surface area (Å²) in [7, 11) is 1.89. The molecule has 5 nitrogen and oxygen atoms in total. The van der Waals surface area contributed by atoms with Crippen LogP contribution in [0, 0.1) is 0 Å². The quantitative estimate of drug-likeness (QED) is 0.688. The van der Waals surface area contributed by atoms with Crippen LogP contribution in [0.2, 0.25) is 0 Å². The van der Waals surface area contributed by atoms with Gasteiger partial charge in [-0.3, -0.25) is 4.68 Å². The van der Waals surface area contributed by atoms with Crippen molar-refractivity contribution in [1.29, 1.82) is 0 Å². The molecule has 0 aliphatic heterocycles. The lowest BCUT2D eigenvalue weighted by Crippen LogP contribution is -1.83. The van der Waals surface area contributed by atoms with Crippen LogP contribution >= 0.6 is 0 Å². The zero-order valence-electron chi connectivity index (χ0n) is 7.41. The van der Waals surface area contributed by atoms with Crippen molar-refractivity contribution in [1.82, 2.24) is 24.5 Å². The van der Waals surface area contributed by atoms with E-state index in [2.05, 4.69) is 21.8 Å². The predicted molar refractivity (Wildman–Crippen MR) is 56.3 cm³/mol. The number of hydrogen-bond acceptors (Lipinski definition) is 3. The van der Waals surface area contributed by atoms with E-state index in [1.54, 1.807) is 23.4 Å². The molecule has 2 heterocycles. The van der Waals surface area contributed by atoms with E-state index in [9.17, 15) is 0 Å². The number of hydrogen-bond donors (Lipinski definition) is 0. The standard InChI is InChI=1S/C4H5N3.C4H6N2.CH4/c1-2-7-4-5-3-6-7;1-6-4-2-3-5-6;/h2-4H,1H2;2-4H,1H3;1H4. The van der Waals surface area contributed by atoms with Gasteiger partial charge in [-0.15, -0.1) is 0 Å². The first-order valence-electron chi connectivity index (χ1n) is 3.73. The van der Waals surface area contributed by atoms with E-state index in [4.69, 9.17) is 0 Å². The van der Waals surface area contributed by atoms with Crippen LogP contribution in [0.25, 0.3) is 6.20 Å². The number of rotatable bonds is 1. The van der Waals surface area contributed by atoms with Gasteiger partial charge in [-0.1, -0.05) is 14.0 Å². The summed E-state index contributed by atoms with van der Waals surface area (Å²) < 4.78 is 3.28. The topological polar surface area (TPSA) is 48.5 Å². The van der Waals surface area contributed by atoms with Gasteiger partial charge in [0, 0.05) is 25.6 Å². The molecule has 5 heteroatoms. The van der Waals surface area contributed by atoms with Crippen molar-refractivity contribution in [3.63, 3.8) is 0 Å². The molecule has 0 bridgehead atoms. The Morgan fingerprint density at radius 3 is 2.36 bits per heavy atom. The van der Waals surface area contributed by atoms with Gasteiger partial charge >= 0.3 is 0 Å². The maximum absolute atomic E-state index is 3.83. The Balaban J connectivity index is 0.000000227. The van der Waals surface area contributed by atoms with Crippen LogP contribution in [0.15, 0.2) is 37.7 Å². The van der Waals surface area contributed by atoms with E-state index < -0.39 is 0 Å². The summed E-state index contributed by atoms with van der Waals surface area (Å²) in [5, 5.41) is 7.56. The van der Waals surface area contributed by atoms with Crippen molar-refractivity contribution in [2.75, 3.05) is 0 Å². The van der Waals surface area contributed by atoms with E-state index in [-0.39, 0.29) is 7.43 Å². The number of aryl methyl sites for hydroxylation is 1. The summed E-state index contributed by atoms with van der Waals surface area (Å²) in [6.45, 7) is 3.46. The molecule has 2 aromatic rings. The van der Waals surface area contributed by atoms with Crippen LogP contribution in [0.5, 0.6) is 0 Å². The van der Waals surface area contributed by atoms with Crippen LogP contribution < -0.4 is 0 Å². The summed E-state index contributed by atoms with van der Waals surface area (Å²) in [6.07, 6.45) is 8.25. The normalized spacial score (nSPS) is 8.07. The molecule has 2 rings (SSSR count). The van der Waals surface area contributed by atoms with Gasteiger partial charge in [-0.05, 0) is 6.07 Å². The Hall–Kier alpha value is -1.91. The lowest BCUT2D eigenvalue weighted by molar-refractivity contribution is 0.768. The van der Waals surface area contributed by atoms with Crippen molar-refractivity contribution < 1.29 is 0 Å². The second-order valence-corrected chi connectivity index (χ2v) is 2.24. The van der Waals surface area contributed by atoms with E-state index in [1.807, 2.05) is 19.3 Å². The van der Waals surface area contributed by atoms with Gasteiger partial charge in [0.15, 0.2) is 0 Å². The summed E-state index contributed by atoms with van der Waals surface area (Å²) in [5.41, 5.74) is 0. The highest BCUT2D eigenvalue weighted by Gasteiger charge is 1.74. The van der Waals surface area contributed by atoms with Crippen LogP contribution in [-0.2, 0) is 7.05 Å². The van der Waals surface area contributed by atoms with E-state index in [1.165, 1.54) is 11.0 Å². The largest absolute Gasteiger partial charge is 0.276 e. The summed E-state index contributed by atoms with van der Waals surface area (Å²) >= 11 is 0. The molecule has 0 saturated heterocycles. The fourth-order valence-corrected chi connectivity index (χ4v) is 0.657. The SMILES string of the molecule is C.C=Cn1cncn1.Cn1cccn1. The first kappa shape index (κ1) is 12.1. The monoisotopic (exact) mass is 193 g/mol. The Morgan fingerprint density at radius 1 is 1.36 bits per heavy atom. The van der Waals surface area contributed by atoms with Gasteiger partial charge in [0.1, 0.15) is 12.7 Å². The molecule has 76 valence electrons. The average molecular weight is 193 g/mol. The molecule has 0 radical (unpaired) electrons. The molecule has 0 atom stereocenters. The zero-order valence-corrected chi connectivity index (χ0v) is 7.41. The van der Waals surface area contributed by atoms with Gasteiger partial charge < -0.3 is 0 Å². The molecular weight excluding hydrogens is 178 g/mol. The molecule has 0 aromatic carbocycles. The molecule has 2 aromatic heterocycles. The van der Waals surface area contributed by atoms with E-state index >= 15 is 0 Å². The van der Waals surface area contributed by atoms with Crippen LogP contribution in [0.4, 0.5) is 0 Å². The van der Waals surface area contributed by atoms with Gasteiger partial charge in [0.05, 0.1) is 0 Å². The van der Waals surface area contributed by atoms with Crippen molar-refractivity contribution >= 4 is 6.20 Å². The third kappa shape index (κ3) is 4.20. The van der Waals surface area contributed by atoms with Gasteiger partial charge in [0.25, 0.3) is 0 Å². The number of aromatic nitrogens is 5. The van der Waals surface area contributed by atoms with Crippen LogP contribution in [-0.4, -0.2) is 24.5 Å². The molecule has 0 aliphatic carbocycles. The third-order valence-electron chi connectivity index (χ3n) is 1.26. The Bertz CT molecular complexity index is 322. The highest BCUT2D eigenvalue weighted by Crippen LogP contribution is 1.74. The second kappa shape index (κ2) is 6.59. The first-order valence-corrected chi connectivity index (χ1v) is 3.73. The summed E-state index contributed by atoms with van der Waals surface area (Å²) in [6, 6.07) is 1.89. The Morgan fingerprint density at radius 2 is 2.14 bits per heavy atom. The van der Waals surface area contributed by atoms with Crippen molar-refractivity contribution in [3.05, 3.63) is 37.7 Å². The molecule has 0 unspecified atom stereocenters.